The van der Waals surface area contributed by atoms with Crippen LogP contribution in [0.5, 0.6) is 0 Å². The molecule has 130 valence electrons. The van der Waals surface area contributed by atoms with Crippen molar-refractivity contribution in [2.24, 2.45) is 5.92 Å². The molecule has 1 amide bonds. The van der Waals surface area contributed by atoms with Crippen molar-refractivity contribution in [1.29, 1.82) is 0 Å². The van der Waals surface area contributed by atoms with Gasteiger partial charge >= 0.3 is 0 Å². The molecular formula is C14H28ClN3O3S. The third-order valence-corrected chi connectivity index (χ3v) is 6.25. The van der Waals surface area contributed by atoms with Crippen molar-refractivity contribution in [3.05, 3.63) is 0 Å². The van der Waals surface area contributed by atoms with Gasteiger partial charge in [0.2, 0.25) is 15.9 Å². The van der Waals surface area contributed by atoms with E-state index in [9.17, 15) is 13.2 Å². The van der Waals surface area contributed by atoms with Crippen LogP contribution in [0.3, 0.4) is 0 Å². The van der Waals surface area contributed by atoms with Crippen molar-refractivity contribution in [2.75, 3.05) is 39.0 Å². The zero-order valence-electron chi connectivity index (χ0n) is 13.5. The van der Waals surface area contributed by atoms with E-state index >= 15 is 0 Å². The van der Waals surface area contributed by atoms with E-state index in [4.69, 9.17) is 0 Å². The lowest BCUT2D eigenvalue weighted by Gasteiger charge is -2.33. The molecule has 0 aromatic rings. The number of halogens is 1. The lowest BCUT2D eigenvalue weighted by Crippen LogP contribution is -2.48. The number of hydrogen-bond donors (Lipinski definition) is 1. The van der Waals surface area contributed by atoms with E-state index < -0.39 is 10.0 Å². The van der Waals surface area contributed by atoms with Crippen molar-refractivity contribution < 1.29 is 13.2 Å². The SMILES string of the molecule is CCS(=O)(=O)N(C)CC(=O)N1CCC(NCC2CC2)CC1.Cl. The molecule has 0 unspecified atom stereocenters. The Morgan fingerprint density at radius 2 is 1.82 bits per heavy atom. The smallest absolute Gasteiger partial charge is 0.237 e. The quantitative estimate of drug-likeness (QED) is 0.730. The van der Waals surface area contributed by atoms with Gasteiger partial charge in [0.15, 0.2) is 0 Å². The summed E-state index contributed by atoms with van der Waals surface area (Å²) in [4.78, 5) is 13.9. The summed E-state index contributed by atoms with van der Waals surface area (Å²) in [6.07, 6.45) is 4.62. The van der Waals surface area contributed by atoms with Crippen LogP contribution in [0.4, 0.5) is 0 Å². The lowest BCUT2D eigenvalue weighted by atomic mass is 10.0. The van der Waals surface area contributed by atoms with Crippen molar-refractivity contribution >= 4 is 28.3 Å². The van der Waals surface area contributed by atoms with Gasteiger partial charge in [0.1, 0.15) is 0 Å². The fourth-order valence-electron chi connectivity index (χ4n) is 2.60. The number of piperidine rings is 1. The standard InChI is InChI=1S/C14H27N3O3S.ClH/c1-3-21(19,20)16(2)11-14(18)17-8-6-13(7-9-17)15-10-12-4-5-12;/h12-13,15H,3-11H2,1-2H3;1H. The van der Waals surface area contributed by atoms with Crippen LogP contribution in [-0.2, 0) is 14.8 Å². The second kappa shape index (κ2) is 8.47. The summed E-state index contributed by atoms with van der Waals surface area (Å²) in [7, 11) is -1.81. The van der Waals surface area contributed by atoms with Gasteiger partial charge in [0.25, 0.3) is 0 Å². The summed E-state index contributed by atoms with van der Waals surface area (Å²) in [5.41, 5.74) is 0. The fraction of sp³-hybridized carbons (Fsp3) is 0.929. The molecule has 1 heterocycles. The number of nitrogens with one attached hydrogen (secondary N) is 1. The van der Waals surface area contributed by atoms with Crippen LogP contribution < -0.4 is 5.32 Å². The molecule has 2 aliphatic rings. The molecule has 22 heavy (non-hydrogen) atoms. The Bertz CT molecular complexity index is 460. The number of hydrogen-bond acceptors (Lipinski definition) is 4. The number of sulfonamides is 1. The summed E-state index contributed by atoms with van der Waals surface area (Å²) in [6.45, 7) is 4.10. The van der Waals surface area contributed by atoms with Gasteiger partial charge in [-0.05, 0) is 45.1 Å². The van der Waals surface area contributed by atoms with E-state index in [2.05, 4.69) is 5.32 Å². The van der Waals surface area contributed by atoms with Gasteiger partial charge < -0.3 is 10.2 Å². The molecule has 0 spiro atoms. The first-order chi connectivity index (χ1) is 9.92. The van der Waals surface area contributed by atoms with Crippen molar-refractivity contribution in [1.82, 2.24) is 14.5 Å². The molecule has 1 N–H and O–H groups in total. The maximum Gasteiger partial charge on any atom is 0.237 e. The Labute approximate surface area is 140 Å². The number of nitrogens with zero attached hydrogens (tertiary/aromatic N) is 2. The molecule has 1 saturated heterocycles. The summed E-state index contributed by atoms with van der Waals surface area (Å²) in [5, 5.41) is 3.57. The molecule has 1 aliphatic heterocycles. The Morgan fingerprint density at radius 3 is 2.32 bits per heavy atom. The van der Waals surface area contributed by atoms with Crippen LogP contribution in [0, 0.1) is 5.92 Å². The van der Waals surface area contributed by atoms with E-state index in [1.165, 1.54) is 19.9 Å². The number of likely N-dealkylation sites (tertiary alicyclic amines) is 1. The van der Waals surface area contributed by atoms with E-state index in [-0.39, 0.29) is 30.6 Å². The predicted molar refractivity (Wildman–Crippen MR) is 89.7 cm³/mol. The molecule has 8 heteroatoms. The second-order valence-corrected chi connectivity index (χ2v) is 8.53. The van der Waals surface area contributed by atoms with Crippen LogP contribution in [-0.4, -0.2) is 68.6 Å². The molecule has 0 bridgehead atoms. The molecule has 0 aromatic heterocycles. The molecule has 0 aromatic carbocycles. The van der Waals surface area contributed by atoms with Crippen molar-refractivity contribution in [3.8, 4) is 0 Å². The van der Waals surface area contributed by atoms with Crippen molar-refractivity contribution in [3.63, 3.8) is 0 Å². The third kappa shape index (κ3) is 5.68. The van der Waals surface area contributed by atoms with Gasteiger partial charge in [-0.1, -0.05) is 0 Å². The minimum absolute atomic E-state index is 0. The van der Waals surface area contributed by atoms with Crippen molar-refractivity contribution in [2.45, 2.75) is 38.6 Å². The van der Waals surface area contributed by atoms with Crippen LogP contribution in [0.1, 0.15) is 32.6 Å². The first kappa shape index (κ1) is 19.7. The van der Waals surface area contributed by atoms with Gasteiger partial charge in [0, 0.05) is 26.2 Å². The van der Waals surface area contributed by atoms with E-state index in [0.717, 1.165) is 42.7 Å². The molecule has 0 atom stereocenters. The van der Waals surface area contributed by atoms with Crippen LogP contribution >= 0.6 is 12.4 Å². The summed E-state index contributed by atoms with van der Waals surface area (Å²) < 4.78 is 24.5. The number of likely N-dealkylation sites (N-methyl/N-ethyl adjacent to an activating group) is 1. The van der Waals surface area contributed by atoms with Crippen LogP contribution in [0.2, 0.25) is 0 Å². The number of carbonyl (C=O) groups excluding carboxylic acids is 1. The fourth-order valence-corrected chi connectivity index (χ4v) is 3.35. The van der Waals surface area contributed by atoms with Gasteiger partial charge in [-0.3, -0.25) is 4.79 Å². The van der Waals surface area contributed by atoms with Gasteiger partial charge in [-0.2, -0.15) is 4.31 Å². The topological polar surface area (TPSA) is 69.7 Å². The van der Waals surface area contributed by atoms with E-state index in [1.807, 2.05) is 0 Å². The molecule has 1 saturated carbocycles. The Balaban J connectivity index is 0.00000242. The molecule has 1 aliphatic carbocycles. The van der Waals surface area contributed by atoms with Crippen LogP contribution in [0.25, 0.3) is 0 Å². The predicted octanol–water partition coefficient (Wildman–Crippen LogP) is 0.680. The maximum absolute atomic E-state index is 12.2. The minimum Gasteiger partial charge on any atom is -0.341 e. The molecule has 0 radical (unpaired) electrons. The average Bonchev–Trinajstić information content (AvgIpc) is 3.29. The maximum atomic E-state index is 12.2. The molecule has 6 nitrogen and oxygen atoms in total. The average molecular weight is 354 g/mol. The Morgan fingerprint density at radius 1 is 1.23 bits per heavy atom. The van der Waals surface area contributed by atoms with Crippen LogP contribution in [0.15, 0.2) is 0 Å². The molecular weight excluding hydrogens is 326 g/mol. The van der Waals surface area contributed by atoms with Gasteiger partial charge in [0.05, 0.1) is 12.3 Å². The number of carbonyl (C=O) groups is 1. The zero-order valence-corrected chi connectivity index (χ0v) is 15.1. The first-order valence-electron chi connectivity index (χ1n) is 7.87. The largest absolute Gasteiger partial charge is 0.341 e. The molecule has 2 rings (SSSR count). The molecule has 2 fully saturated rings. The van der Waals surface area contributed by atoms with E-state index in [1.54, 1.807) is 11.8 Å². The van der Waals surface area contributed by atoms with E-state index in [0.29, 0.717) is 6.04 Å². The number of rotatable bonds is 7. The Kier molecular flexibility index (Phi) is 7.58. The highest BCUT2D eigenvalue weighted by Crippen LogP contribution is 2.28. The zero-order chi connectivity index (χ0) is 15.5. The Hall–Kier alpha value is -0.370. The highest BCUT2D eigenvalue weighted by Gasteiger charge is 2.27. The minimum atomic E-state index is -3.28. The summed E-state index contributed by atoms with van der Waals surface area (Å²) in [5.74, 6) is 0.817. The lowest BCUT2D eigenvalue weighted by molar-refractivity contribution is -0.132. The van der Waals surface area contributed by atoms with Gasteiger partial charge in [-0.15, -0.1) is 12.4 Å². The number of amides is 1. The normalized spacial score (nSPS) is 20.0. The summed E-state index contributed by atoms with van der Waals surface area (Å²) >= 11 is 0. The third-order valence-electron chi connectivity index (χ3n) is 4.44. The highest BCUT2D eigenvalue weighted by atomic mass is 35.5. The highest BCUT2D eigenvalue weighted by molar-refractivity contribution is 7.89. The second-order valence-electron chi connectivity index (χ2n) is 6.16. The summed E-state index contributed by atoms with van der Waals surface area (Å²) in [6, 6.07) is 0.506. The van der Waals surface area contributed by atoms with Gasteiger partial charge in [-0.25, -0.2) is 8.42 Å². The first-order valence-corrected chi connectivity index (χ1v) is 9.48. The monoisotopic (exact) mass is 353 g/mol.